The van der Waals surface area contributed by atoms with Gasteiger partial charge >= 0.3 is 5.97 Å². The Hall–Kier alpha value is -2.29. The van der Waals surface area contributed by atoms with Crippen LogP contribution >= 0.6 is 15.9 Å². The van der Waals surface area contributed by atoms with Gasteiger partial charge in [-0.1, -0.05) is 6.07 Å². The number of anilines is 1. The number of aromatic amines is 1. The molecule has 1 amide bonds. The van der Waals surface area contributed by atoms with Crippen molar-refractivity contribution in [2.45, 2.75) is 0 Å². The number of H-pyrrole nitrogens is 1. The van der Waals surface area contributed by atoms with E-state index in [0.717, 1.165) is 0 Å². The van der Waals surface area contributed by atoms with E-state index in [1.54, 1.807) is 12.1 Å². The minimum absolute atomic E-state index is 0.0405. The summed E-state index contributed by atoms with van der Waals surface area (Å²) in [6, 6.07) is 4.54. The molecule has 0 saturated carbocycles. The number of carboxylic acids is 1. The maximum absolute atomic E-state index is 11.7. The van der Waals surface area contributed by atoms with Gasteiger partial charge in [0.2, 0.25) is 0 Å². The predicted molar refractivity (Wildman–Crippen MR) is 63.2 cm³/mol. The summed E-state index contributed by atoms with van der Waals surface area (Å²) >= 11 is 3.16. The molecule has 0 fully saturated rings. The molecule has 0 spiro atoms. The van der Waals surface area contributed by atoms with E-state index in [1.807, 2.05) is 0 Å². The highest BCUT2D eigenvalue weighted by Gasteiger charge is 2.18. The van der Waals surface area contributed by atoms with Crippen molar-refractivity contribution in [2.24, 2.45) is 0 Å². The van der Waals surface area contributed by atoms with Gasteiger partial charge in [-0.25, -0.2) is 4.79 Å². The molecule has 0 unspecified atom stereocenters. The molecule has 0 bridgehead atoms. The lowest BCUT2D eigenvalue weighted by Gasteiger charge is -2.08. The van der Waals surface area contributed by atoms with Crippen molar-refractivity contribution < 1.29 is 14.7 Å². The van der Waals surface area contributed by atoms with E-state index in [-0.39, 0.29) is 17.1 Å². The van der Waals surface area contributed by atoms with Gasteiger partial charge in [0.25, 0.3) is 11.7 Å². The Kier molecular flexibility index (Phi) is 3.33. The fraction of sp³-hybridized carbons (Fsp3) is 0. The van der Waals surface area contributed by atoms with Crippen LogP contribution in [0.15, 0.2) is 22.7 Å². The van der Waals surface area contributed by atoms with Gasteiger partial charge in [0, 0.05) is 4.47 Å². The van der Waals surface area contributed by atoms with Crippen LogP contribution < -0.4 is 5.32 Å². The summed E-state index contributed by atoms with van der Waals surface area (Å²) in [4.78, 5) is 22.7. The second kappa shape index (κ2) is 4.92. The van der Waals surface area contributed by atoms with Crippen LogP contribution in [-0.2, 0) is 0 Å². The molecule has 0 radical (unpaired) electrons. The first-order valence-electron chi connectivity index (χ1n) is 4.66. The number of aromatic carboxylic acids is 1. The molecular weight excluding hydrogens is 306 g/mol. The monoisotopic (exact) mass is 311 g/mol. The Morgan fingerprint density at radius 2 is 2.17 bits per heavy atom. The van der Waals surface area contributed by atoms with Gasteiger partial charge in [0.15, 0.2) is 0 Å². The summed E-state index contributed by atoms with van der Waals surface area (Å²) in [5.74, 6) is -1.99. The molecule has 0 aliphatic heterocycles. The van der Waals surface area contributed by atoms with Crippen LogP contribution in [0.1, 0.15) is 21.0 Å². The quantitative estimate of drug-likeness (QED) is 0.774. The minimum Gasteiger partial charge on any atom is -0.478 e. The largest absolute Gasteiger partial charge is 0.478 e. The first-order valence-corrected chi connectivity index (χ1v) is 5.45. The lowest BCUT2D eigenvalue weighted by molar-refractivity contribution is 0.0698. The van der Waals surface area contributed by atoms with E-state index >= 15 is 0 Å². The zero-order chi connectivity index (χ0) is 13.1. The first-order chi connectivity index (χ1) is 8.59. The molecule has 0 atom stereocenters. The Labute approximate surface area is 109 Å². The van der Waals surface area contributed by atoms with E-state index < -0.39 is 11.9 Å². The Bertz CT molecular complexity index is 598. The third kappa shape index (κ3) is 2.35. The predicted octanol–water partition coefficient (Wildman–Crippen LogP) is 0.913. The third-order valence-electron chi connectivity index (χ3n) is 2.03. The number of benzene rings is 1. The number of rotatable bonds is 3. The van der Waals surface area contributed by atoms with Crippen molar-refractivity contribution in [3.8, 4) is 0 Å². The van der Waals surface area contributed by atoms with Crippen LogP contribution in [-0.4, -0.2) is 37.6 Å². The number of amides is 1. The molecule has 18 heavy (non-hydrogen) atoms. The van der Waals surface area contributed by atoms with Crippen molar-refractivity contribution in [1.29, 1.82) is 0 Å². The van der Waals surface area contributed by atoms with E-state index in [0.29, 0.717) is 4.47 Å². The number of nitrogens with zero attached hydrogens (tertiary/aromatic N) is 3. The molecule has 0 aliphatic rings. The van der Waals surface area contributed by atoms with Gasteiger partial charge in [-0.05, 0) is 33.3 Å². The van der Waals surface area contributed by atoms with E-state index in [1.165, 1.54) is 6.07 Å². The Morgan fingerprint density at radius 3 is 2.78 bits per heavy atom. The lowest BCUT2D eigenvalue weighted by atomic mass is 10.2. The van der Waals surface area contributed by atoms with Crippen LogP contribution in [0, 0.1) is 0 Å². The van der Waals surface area contributed by atoms with E-state index in [9.17, 15) is 9.59 Å². The fourth-order valence-electron chi connectivity index (χ4n) is 1.26. The molecule has 8 nitrogen and oxygen atoms in total. The molecule has 9 heteroatoms. The SMILES string of the molecule is O=C(Nc1c(Br)cccc1C(=O)O)c1nn[nH]n1. The molecule has 92 valence electrons. The molecule has 0 aliphatic carbocycles. The van der Waals surface area contributed by atoms with Gasteiger partial charge in [0.05, 0.1) is 11.3 Å². The highest BCUT2D eigenvalue weighted by atomic mass is 79.9. The van der Waals surface area contributed by atoms with Gasteiger partial charge in [-0.3, -0.25) is 4.79 Å². The zero-order valence-electron chi connectivity index (χ0n) is 8.72. The number of nitrogens with one attached hydrogen (secondary N) is 2. The summed E-state index contributed by atoms with van der Waals surface area (Å²) < 4.78 is 0.444. The van der Waals surface area contributed by atoms with Crippen LogP contribution in [0.3, 0.4) is 0 Å². The number of para-hydroxylation sites is 1. The topological polar surface area (TPSA) is 121 Å². The van der Waals surface area contributed by atoms with Crippen LogP contribution in [0.4, 0.5) is 5.69 Å². The highest BCUT2D eigenvalue weighted by Crippen LogP contribution is 2.26. The van der Waals surface area contributed by atoms with Gasteiger partial charge in [-0.2, -0.15) is 5.21 Å². The molecular formula is C9H6BrN5O3. The highest BCUT2D eigenvalue weighted by molar-refractivity contribution is 9.10. The standard InChI is InChI=1S/C9H6BrN5O3/c10-5-3-1-2-4(9(17)18)6(5)11-8(16)7-12-14-15-13-7/h1-3H,(H,11,16)(H,17,18)(H,12,13,14,15). The number of halogens is 1. The number of carbonyl (C=O) groups is 2. The summed E-state index contributed by atoms with van der Waals surface area (Å²) in [5.41, 5.74) is 0.0982. The molecule has 1 heterocycles. The lowest BCUT2D eigenvalue weighted by Crippen LogP contribution is -2.16. The maximum atomic E-state index is 11.7. The molecule has 3 N–H and O–H groups in total. The normalized spacial score (nSPS) is 10.1. The van der Waals surface area contributed by atoms with Crippen LogP contribution in [0.2, 0.25) is 0 Å². The van der Waals surface area contributed by atoms with Crippen LogP contribution in [0.25, 0.3) is 0 Å². The number of tetrazole rings is 1. The van der Waals surface area contributed by atoms with Crippen molar-refractivity contribution in [3.63, 3.8) is 0 Å². The number of carboxylic acid groups (broad SMARTS) is 1. The second-order valence-corrected chi connectivity index (χ2v) is 4.01. The number of aromatic nitrogens is 4. The fourth-order valence-corrected chi connectivity index (χ4v) is 1.72. The van der Waals surface area contributed by atoms with Gasteiger partial charge < -0.3 is 10.4 Å². The van der Waals surface area contributed by atoms with Gasteiger partial charge in [0.1, 0.15) is 0 Å². The zero-order valence-corrected chi connectivity index (χ0v) is 10.3. The summed E-state index contributed by atoms with van der Waals surface area (Å²) in [6.45, 7) is 0. The molecule has 1 aromatic carbocycles. The van der Waals surface area contributed by atoms with Crippen LogP contribution in [0.5, 0.6) is 0 Å². The maximum Gasteiger partial charge on any atom is 0.337 e. The summed E-state index contributed by atoms with van der Waals surface area (Å²) in [6.07, 6.45) is 0. The molecule has 1 aromatic heterocycles. The smallest absolute Gasteiger partial charge is 0.337 e. The number of hydrogen-bond donors (Lipinski definition) is 3. The summed E-state index contributed by atoms with van der Waals surface area (Å²) in [7, 11) is 0. The average molecular weight is 312 g/mol. The number of hydrogen-bond acceptors (Lipinski definition) is 5. The van der Waals surface area contributed by atoms with Crippen molar-refractivity contribution >= 4 is 33.5 Å². The van der Waals surface area contributed by atoms with Crippen molar-refractivity contribution in [2.75, 3.05) is 5.32 Å². The molecule has 2 rings (SSSR count). The molecule has 2 aromatic rings. The summed E-state index contributed by atoms with van der Waals surface area (Å²) in [5, 5.41) is 23.8. The molecule has 0 saturated heterocycles. The number of carbonyl (C=O) groups excluding carboxylic acids is 1. The van der Waals surface area contributed by atoms with E-state index in [4.69, 9.17) is 5.11 Å². The Morgan fingerprint density at radius 1 is 1.39 bits per heavy atom. The van der Waals surface area contributed by atoms with Crippen molar-refractivity contribution in [3.05, 3.63) is 34.1 Å². The van der Waals surface area contributed by atoms with Gasteiger partial charge in [-0.15, -0.1) is 10.2 Å². The second-order valence-electron chi connectivity index (χ2n) is 3.16. The minimum atomic E-state index is -1.15. The van der Waals surface area contributed by atoms with Crippen molar-refractivity contribution in [1.82, 2.24) is 20.6 Å². The first kappa shape index (κ1) is 12.2. The Balaban J connectivity index is 2.34. The third-order valence-corrected chi connectivity index (χ3v) is 2.69. The average Bonchev–Trinajstić information content (AvgIpc) is 2.85. The van der Waals surface area contributed by atoms with E-state index in [2.05, 4.69) is 41.9 Å².